The maximum absolute atomic E-state index is 12.9. The van der Waals surface area contributed by atoms with Gasteiger partial charge in [0.15, 0.2) is 11.5 Å². The zero-order valence-corrected chi connectivity index (χ0v) is 19.4. The normalized spacial score (nSPS) is 15.3. The van der Waals surface area contributed by atoms with Crippen molar-refractivity contribution in [3.8, 4) is 17.6 Å². The van der Waals surface area contributed by atoms with Crippen LogP contribution in [0.25, 0.3) is 6.08 Å². The van der Waals surface area contributed by atoms with E-state index in [0.29, 0.717) is 33.5 Å². The molecule has 1 aliphatic carbocycles. The summed E-state index contributed by atoms with van der Waals surface area (Å²) in [5.74, 6) is 0.518. The molecule has 0 bridgehead atoms. The van der Waals surface area contributed by atoms with Gasteiger partial charge in [-0.15, -0.1) is 11.3 Å². The van der Waals surface area contributed by atoms with E-state index in [0.717, 1.165) is 29.7 Å². The van der Waals surface area contributed by atoms with Gasteiger partial charge in [-0.05, 0) is 61.4 Å². The Morgan fingerprint density at radius 2 is 2.03 bits per heavy atom. The second kappa shape index (κ2) is 10.3. The SMILES string of the molecule is CCOC(=O)c1c(NC(=O)/C(C#N)=C/c2ccc(OC)c(OC)c2)sc2c1CC[C@H](C)C2. The fraction of sp³-hybridized carbons (Fsp3) is 0.375. The molecule has 7 nitrogen and oxygen atoms in total. The van der Waals surface area contributed by atoms with Crippen LogP contribution in [0.5, 0.6) is 11.5 Å². The van der Waals surface area contributed by atoms with Gasteiger partial charge >= 0.3 is 5.97 Å². The maximum Gasteiger partial charge on any atom is 0.341 e. The second-order valence-corrected chi connectivity index (χ2v) is 8.62. The minimum absolute atomic E-state index is 0.0910. The van der Waals surface area contributed by atoms with E-state index in [1.807, 2.05) is 6.07 Å². The van der Waals surface area contributed by atoms with Crippen molar-refractivity contribution < 1.29 is 23.8 Å². The molecule has 2 aromatic rings. The molecule has 1 heterocycles. The molecule has 1 aromatic heterocycles. The molecule has 1 amide bonds. The van der Waals surface area contributed by atoms with E-state index in [1.54, 1.807) is 25.1 Å². The first-order chi connectivity index (χ1) is 15.4. The number of rotatable bonds is 7. The molecule has 0 unspecified atom stereocenters. The van der Waals surface area contributed by atoms with Crippen LogP contribution in [0.4, 0.5) is 5.00 Å². The smallest absolute Gasteiger partial charge is 0.341 e. The highest BCUT2D eigenvalue weighted by Gasteiger charge is 2.29. The van der Waals surface area contributed by atoms with Crippen LogP contribution in [0.1, 0.15) is 46.6 Å². The lowest BCUT2D eigenvalue weighted by atomic mass is 9.88. The number of anilines is 1. The number of hydrogen-bond acceptors (Lipinski definition) is 7. The van der Waals surface area contributed by atoms with E-state index >= 15 is 0 Å². The van der Waals surface area contributed by atoms with Crippen molar-refractivity contribution in [2.75, 3.05) is 26.1 Å². The van der Waals surface area contributed by atoms with Gasteiger partial charge in [0.25, 0.3) is 5.91 Å². The highest BCUT2D eigenvalue weighted by atomic mass is 32.1. The molecular weight excluding hydrogens is 428 g/mol. The number of thiophene rings is 1. The molecule has 8 heteroatoms. The molecule has 0 spiro atoms. The van der Waals surface area contributed by atoms with E-state index in [-0.39, 0.29) is 12.2 Å². The van der Waals surface area contributed by atoms with Gasteiger partial charge in [-0.2, -0.15) is 5.26 Å². The van der Waals surface area contributed by atoms with E-state index in [1.165, 1.54) is 31.6 Å². The lowest BCUT2D eigenvalue weighted by molar-refractivity contribution is -0.112. The Hall–Kier alpha value is -3.31. The van der Waals surface area contributed by atoms with Gasteiger partial charge in [0, 0.05) is 4.88 Å². The number of nitriles is 1. The molecular formula is C24H26N2O5S. The summed E-state index contributed by atoms with van der Waals surface area (Å²) in [6.45, 7) is 4.16. The third-order valence-corrected chi connectivity index (χ3v) is 6.47. The first-order valence-electron chi connectivity index (χ1n) is 10.4. The zero-order valence-electron chi connectivity index (χ0n) is 18.6. The van der Waals surface area contributed by atoms with Crippen LogP contribution in [-0.2, 0) is 22.4 Å². The van der Waals surface area contributed by atoms with Gasteiger partial charge < -0.3 is 19.5 Å². The van der Waals surface area contributed by atoms with Crippen LogP contribution in [-0.4, -0.2) is 32.7 Å². The molecule has 0 saturated heterocycles. The number of carbonyl (C=O) groups excluding carboxylic acids is 2. The Labute approximate surface area is 191 Å². The summed E-state index contributed by atoms with van der Waals surface area (Å²) in [6, 6.07) is 7.05. The monoisotopic (exact) mass is 454 g/mol. The summed E-state index contributed by atoms with van der Waals surface area (Å²) < 4.78 is 15.7. The van der Waals surface area contributed by atoms with Crippen molar-refractivity contribution in [2.45, 2.75) is 33.1 Å². The lowest BCUT2D eigenvalue weighted by Crippen LogP contribution is -2.17. The predicted octanol–water partition coefficient (Wildman–Crippen LogP) is 4.61. The minimum atomic E-state index is -0.584. The Bertz CT molecular complexity index is 1100. The van der Waals surface area contributed by atoms with E-state index < -0.39 is 11.9 Å². The van der Waals surface area contributed by atoms with Crippen LogP contribution in [0, 0.1) is 17.2 Å². The van der Waals surface area contributed by atoms with Crippen LogP contribution in [0.15, 0.2) is 23.8 Å². The van der Waals surface area contributed by atoms with Gasteiger partial charge in [0.1, 0.15) is 16.6 Å². The Morgan fingerprint density at radius 1 is 1.28 bits per heavy atom. The fourth-order valence-corrected chi connectivity index (χ4v) is 5.08. The number of benzene rings is 1. The number of esters is 1. The largest absolute Gasteiger partial charge is 0.493 e. The molecule has 32 heavy (non-hydrogen) atoms. The molecule has 0 radical (unpaired) electrons. The highest BCUT2D eigenvalue weighted by molar-refractivity contribution is 7.17. The Balaban J connectivity index is 1.92. The van der Waals surface area contributed by atoms with E-state index in [9.17, 15) is 14.9 Å². The molecule has 1 aromatic carbocycles. The van der Waals surface area contributed by atoms with E-state index in [4.69, 9.17) is 14.2 Å². The molecule has 1 atom stereocenters. The predicted molar refractivity (Wildman–Crippen MR) is 123 cm³/mol. The number of amides is 1. The standard InChI is InChI=1S/C24H26N2O5S/c1-5-31-24(28)21-17-8-6-14(2)10-20(17)32-23(21)26-22(27)16(13-25)11-15-7-9-18(29-3)19(12-15)30-4/h7,9,11-12,14H,5-6,8,10H2,1-4H3,(H,26,27)/b16-11+/t14-/m0/s1. The van der Waals surface area contributed by atoms with Crippen molar-refractivity contribution in [1.29, 1.82) is 5.26 Å². The summed E-state index contributed by atoms with van der Waals surface area (Å²) in [5.41, 5.74) is 1.88. The molecule has 0 fully saturated rings. The number of nitrogens with one attached hydrogen (secondary N) is 1. The molecule has 0 saturated carbocycles. The second-order valence-electron chi connectivity index (χ2n) is 7.51. The quantitative estimate of drug-likeness (QED) is 0.373. The highest BCUT2D eigenvalue weighted by Crippen LogP contribution is 2.40. The number of fused-ring (bicyclic) bond motifs is 1. The number of nitrogens with zero attached hydrogens (tertiary/aromatic N) is 1. The molecule has 0 aliphatic heterocycles. The number of hydrogen-bond donors (Lipinski definition) is 1. The van der Waals surface area contributed by atoms with Gasteiger partial charge in [0.05, 0.1) is 26.4 Å². The first-order valence-corrected chi connectivity index (χ1v) is 11.2. The van der Waals surface area contributed by atoms with Crippen LogP contribution < -0.4 is 14.8 Å². The first kappa shape index (κ1) is 23.4. The van der Waals surface area contributed by atoms with Crippen molar-refractivity contribution in [2.24, 2.45) is 5.92 Å². The molecule has 3 rings (SSSR count). The average Bonchev–Trinajstić information content (AvgIpc) is 3.13. The van der Waals surface area contributed by atoms with Gasteiger partial charge in [0.2, 0.25) is 0 Å². The van der Waals surface area contributed by atoms with Crippen molar-refractivity contribution in [1.82, 2.24) is 0 Å². The minimum Gasteiger partial charge on any atom is -0.493 e. The third-order valence-electron chi connectivity index (χ3n) is 5.30. The maximum atomic E-state index is 12.9. The number of carbonyl (C=O) groups is 2. The molecule has 1 aliphatic rings. The van der Waals surface area contributed by atoms with Crippen molar-refractivity contribution in [3.63, 3.8) is 0 Å². The van der Waals surface area contributed by atoms with Crippen LogP contribution in [0.3, 0.4) is 0 Å². The van der Waals surface area contributed by atoms with Gasteiger partial charge in [-0.1, -0.05) is 13.0 Å². The molecule has 168 valence electrons. The topological polar surface area (TPSA) is 97.7 Å². The van der Waals surface area contributed by atoms with Crippen LogP contribution >= 0.6 is 11.3 Å². The van der Waals surface area contributed by atoms with Crippen molar-refractivity contribution >= 4 is 34.3 Å². The lowest BCUT2D eigenvalue weighted by Gasteiger charge is -2.18. The van der Waals surface area contributed by atoms with Gasteiger partial charge in [-0.3, -0.25) is 4.79 Å². The Morgan fingerprint density at radius 3 is 2.69 bits per heavy atom. The fourth-order valence-electron chi connectivity index (χ4n) is 3.69. The number of ether oxygens (including phenoxy) is 3. The summed E-state index contributed by atoms with van der Waals surface area (Å²) in [6.07, 6.45) is 4.07. The van der Waals surface area contributed by atoms with E-state index in [2.05, 4.69) is 12.2 Å². The summed E-state index contributed by atoms with van der Waals surface area (Å²) in [4.78, 5) is 26.7. The van der Waals surface area contributed by atoms with Crippen molar-refractivity contribution in [3.05, 3.63) is 45.3 Å². The number of methoxy groups -OCH3 is 2. The summed E-state index contributed by atoms with van der Waals surface area (Å²) in [5, 5.41) is 12.8. The Kier molecular flexibility index (Phi) is 7.54. The van der Waals surface area contributed by atoms with Crippen LogP contribution in [0.2, 0.25) is 0 Å². The summed E-state index contributed by atoms with van der Waals surface area (Å²) >= 11 is 1.39. The molecule has 1 N–H and O–H groups in total. The zero-order chi connectivity index (χ0) is 23.3. The average molecular weight is 455 g/mol. The van der Waals surface area contributed by atoms with Gasteiger partial charge in [-0.25, -0.2) is 4.79 Å². The third kappa shape index (κ3) is 4.94. The summed E-state index contributed by atoms with van der Waals surface area (Å²) in [7, 11) is 3.05.